The van der Waals surface area contributed by atoms with E-state index in [9.17, 15) is 19.2 Å². The van der Waals surface area contributed by atoms with Crippen molar-refractivity contribution in [3.63, 3.8) is 0 Å². The van der Waals surface area contributed by atoms with Crippen LogP contribution in [0.5, 0.6) is 0 Å². The van der Waals surface area contributed by atoms with Crippen LogP contribution < -0.4 is 16.0 Å². The summed E-state index contributed by atoms with van der Waals surface area (Å²) in [5.74, 6) is -2.45. The first-order valence-electron chi connectivity index (χ1n) is 8.13. The van der Waals surface area contributed by atoms with Gasteiger partial charge in [0.05, 0.1) is 12.8 Å². The van der Waals surface area contributed by atoms with Crippen LogP contribution in [0.1, 0.15) is 17.4 Å². The number of benzene rings is 1. The Morgan fingerprint density at radius 3 is 2.28 bits per heavy atom. The van der Waals surface area contributed by atoms with Gasteiger partial charge in [-0.15, -0.1) is 0 Å². The maximum Gasteiger partial charge on any atom is 0.353 e. The van der Waals surface area contributed by atoms with Crippen molar-refractivity contribution < 1.29 is 28.3 Å². The van der Waals surface area contributed by atoms with Gasteiger partial charge >= 0.3 is 5.97 Å². The van der Waals surface area contributed by atoms with E-state index >= 15 is 0 Å². The second-order valence-electron chi connectivity index (χ2n) is 5.65. The van der Waals surface area contributed by atoms with Crippen molar-refractivity contribution in [2.24, 2.45) is 0 Å². The van der Waals surface area contributed by atoms with Crippen LogP contribution in [-0.4, -0.2) is 35.8 Å². The van der Waals surface area contributed by atoms with Crippen molar-refractivity contribution in [1.82, 2.24) is 15.6 Å². The van der Waals surface area contributed by atoms with Gasteiger partial charge in [-0.25, -0.2) is 9.78 Å². The molecule has 1 aromatic heterocycles. The molecule has 0 saturated carbocycles. The van der Waals surface area contributed by atoms with E-state index in [2.05, 4.69) is 38.8 Å². The monoisotopic (exact) mass is 398 g/mol. The minimum atomic E-state index is -0.842. The Hall–Kier alpha value is -4.21. The van der Waals surface area contributed by atoms with Crippen LogP contribution in [0, 0.1) is 0 Å². The first-order chi connectivity index (χ1) is 13.7. The Bertz CT molecular complexity index is 990. The number of amides is 3. The van der Waals surface area contributed by atoms with Gasteiger partial charge < -0.3 is 25.1 Å². The molecule has 0 fully saturated rings. The highest BCUT2D eigenvalue weighted by molar-refractivity contribution is 6.04. The fraction of sp³-hybridized carbons (Fsp3) is 0.105. The predicted molar refractivity (Wildman–Crippen MR) is 102 cm³/mol. The highest BCUT2D eigenvalue weighted by Crippen LogP contribution is 2.21. The Morgan fingerprint density at radius 2 is 1.69 bits per heavy atom. The molecule has 1 aromatic carbocycles. The smallest absolute Gasteiger partial charge is 0.353 e. The summed E-state index contributed by atoms with van der Waals surface area (Å²) in [6.07, 6.45) is 1.12. The number of ether oxygens (including phenoxy) is 1. The fourth-order valence-corrected chi connectivity index (χ4v) is 2.05. The third-order valence-corrected chi connectivity index (χ3v) is 3.42. The lowest BCUT2D eigenvalue weighted by Crippen LogP contribution is -2.35. The summed E-state index contributed by atoms with van der Waals surface area (Å²) in [6, 6.07) is 6.62. The highest BCUT2D eigenvalue weighted by atomic mass is 16.5. The molecule has 0 aliphatic heterocycles. The maximum atomic E-state index is 12.2. The van der Waals surface area contributed by atoms with E-state index in [1.54, 1.807) is 24.3 Å². The minimum Gasteiger partial charge on any atom is -0.464 e. The van der Waals surface area contributed by atoms with Crippen LogP contribution in [0.3, 0.4) is 0 Å². The van der Waals surface area contributed by atoms with Crippen molar-refractivity contribution >= 4 is 29.4 Å². The van der Waals surface area contributed by atoms with Gasteiger partial charge in [0.25, 0.3) is 11.8 Å². The number of methoxy groups -OCH3 is 1. The van der Waals surface area contributed by atoms with E-state index in [4.69, 9.17) is 4.42 Å². The van der Waals surface area contributed by atoms with Gasteiger partial charge in [-0.3, -0.25) is 14.4 Å². The van der Waals surface area contributed by atoms with Gasteiger partial charge in [0.1, 0.15) is 12.0 Å². The third-order valence-electron chi connectivity index (χ3n) is 3.42. The van der Waals surface area contributed by atoms with Crippen LogP contribution in [0.2, 0.25) is 0 Å². The summed E-state index contributed by atoms with van der Waals surface area (Å²) in [7, 11) is 1.13. The Balaban J connectivity index is 2.00. The summed E-state index contributed by atoms with van der Waals surface area (Å²) in [4.78, 5) is 50.5. The van der Waals surface area contributed by atoms with Gasteiger partial charge in [-0.2, -0.15) is 0 Å². The fourth-order valence-electron chi connectivity index (χ4n) is 2.05. The molecule has 0 unspecified atom stereocenters. The van der Waals surface area contributed by atoms with Gasteiger partial charge in [-0.1, -0.05) is 13.2 Å². The average Bonchev–Trinajstić information content (AvgIpc) is 3.17. The summed E-state index contributed by atoms with van der Waals surface area (Å²) in [5, 5.41) is 7.01. The van der Waals surface area contributed by atoms with Crippen molar-refractivity contribution in [3.05, 3.63) is 60.8 Å². The van der Waals surface area contributed by atoms with E-state index in [1.165, 1.54) is 6.92 Å². The van der Waals surface area contributed by atoms with Gasteiger partial charge in [0.2, 0.25) is 11.8 Å². The first kappa shape index (κ1) is 21.1. The molecule has 1 heterocycles. The molecule has 0 aliphatic rings. The van der Waals surface area contributed by atoms with Crippen LogP contribution in [0.25, 0.3) is 11.5 Å². The molecule has 2 aromatic rings. The summed E-state index contributed by atoms with van der Waals surface area (Å²) >= 11 is 0. The molecule has 2 rings (SSSR count). The molecule has 0 bridgehead atoms. The van der Waals surface area contributed by atoms with Crippen molar-refractivity contribution in [3.8, 4) is 11.5 Å². The molecule has 0 atom stereocenters. The number of carbonyl (C=O) groups is 4. The van der Waals surface area contributed by atoms with E-state index in [0.717, 1.165) is 13.4 Å². The number of hydrogen-bond acceptors (Lipinski definition) is 7. The zero-order valence-corrected chi connectivity index (χ0v) is 15.7. The standard InChI is InChI=1S/C19H18N4O6/c1-10(16(25)21-11(2)19(27)28-4)20-17(26)15-9-29-18(23-15)13-5-7-14(8-6-13)22-12(3)24/h5-9H,1-2H2,3-4H3,(H,20,26)(H,21,25)(H,22,24). The molecule has 10 nitrogen and oxygen atoms in total. The molecule has 3 amide bonds. The molecular formula is C19H18N4O6. The number of nitrogens with zero attached hydrogens (tertiary/aromatic N) is 1. The number of anilines is 1. The normalized spacial score (nSPS) is 9.86. The largest absolute Gasteiger partial charge is 0.464 e. The predicted octanol–water partition coefficient (Wildman–Crippen LogP) is 1.35. The van der Waals surface area contributed by atoms with Crippen molar-refractivity contribution in [2.75, 3.05) is 12.4 Å². The molecule has 0 spiro atoms. The second kappa shape index (κ2) is 9.13. The Kier molecular flexibility index (Phi) is 6.64. The lowest BCUT2D eigenvalue weighted by molar-refractivity contribution is -0.137. The number of hydrogen-bond donors (Lipinski definition) is 3. The van der Waals surface area contributed by atoms with Crippen LogP contribution >= 0.6 is 0 Å². The number of carbonyl (C=O) groups excluding carboxylic acids is 4. The quantitative estimate of drug-likeness (QED) is 0.472. The SMILES string of the molecule is C=C(NC(=O)c1coc(-c2ccc(NC(C)=O)cc2)n1)C(=O)NC(=C)C(=O)OC. The molecule has 10 heteroatoms. The summed E-state index contributed by atoms with van der Waals surface area (Å²) in [6.45, 7) is 8.15. The van der Waals surface area contributed by atoms with Crippen LogP contribution in [-0.2, 0) is 19.1 Å². The Labute approximate surface area is 165 Å². The lowest BCUT2D eigenvalue weighted by Gasteiger charge is -2.08. The zero-order chi connectivity index (χ0) is 21.6. The number of rotatable bonds is 7. The second-order valence-corrected chi connectivity index (χ2v) is 5.65. The number of oxazole rings is 1. The highest BCUT2D eigenvalue weighted by Gasteiger charge is 2.18. The van der Waals surface area contributed by atoms with E-state index < -0.39 is 17.8 Å². The van der Waals surface area contributed by atoms with Crippen molar-refractivity contribution in [2.45, 2.75) is 6.92 Å². The van der Waals surface area contributed by atoms with Crippen LogP contribution in [0.15, 0.2) is 59.5 Å². The zero-order valence-electron chi connectivity index (χ0n) is 15.7. The van der Waals surface area contributed by atoms with E-state index in [-0.39, 0.29) is 28.9 Å². The van der Waals surface area contributed by atoms with Crippen molar-refractivity contribution in [1.29, 1.82) is 0 Å². The Morgan fingerprint density at radius 1 is 1.03 bits per heavy atom. The molecule has 150 valence electrons. The summed E-state index contributed by atoms with van der Waals surface area (Å²) in [5.41, 5.74) is 0.445. The number of esters is 1. The summed E-state index contributed by atoms with van der Waals surface area (Å²) < 4.78 is 9.68. The van der Waals surface area contributed by atoms with Crippen LogP contribution in [0.4, 0.5) is 5.69 Å². The molecule has 29 heavy (non-hydrogen) atoms. The maximum absolute atomic E-state index is 12.2. The molecule has 0 radical (unpaired) electrons. The van der Waals surface area contributed by atoms with Gasteiger partial charge in [-0.05, 0) is 24.3 Å². The number of nitrogens with one attached hydrogen (secondary N) is 3. The molecule has 0 saturated heterocycles. The van der Waals surface area contributed by atoms with Gasteiger partial charge in [0, 0.05) is 18.2 Å². The average molecular weight is 398 g/mol. The number of aromatic nitrogens is 1. The molecular weight excluding hydrogens is 380 g/mol. The molecule has 3 N–H and O–H groups in total. The topological polar surface area (TPSA) is 140 Å². The lowest BCUT2D eigenvalue weighted by atomic mass is 10.2. The van der Waals surface area contributed by atoms with E-state index in [1.807, 2.05) is 0 Å². The molecule has 0 aliphatic carbocycles. The third kappa shape index (κ3) is 5.63. The minimum absolute atomic E-state index is 0.0910. The van der Waals surface area contributed by atoms with Gasteiger partial charge in [0.15, 0.2) is 5.69 Å². The first-order valence-corrected chi connectivity index (χ1v) is 8.13. The van der Waals surface area contributed by atoms with E-state index in [0.29, 0.717) is 11.3 Å².